The molecule has 0 atom stereocenters. The predicted molar refractivity (Wildman–Crippen MR) is 78.5 cm³/mol. The van der Waals surface area contributed by atoms with Gasteiger partial charge in [-0.05, 0) is 42.3 Å². The Morgan fingerprint density at radius 2 is 1.89 bits per heavy atom. The average molecular weight is 277 g/mol. The lowest BCUT2D eigenvalue weighted by Crippen LogP contribution is -1.92. The van der Waals surface area contributed by atoms with Crippen LogP contribution in [0.3, 0.4) is 0 Å². The van der Waals surface area contributed by atoms with Gasteiger partial charge < -0.3 is 9.47 Å². The molecule has 0 N–H and O–H groups in total. The van der Waals surface area contributed by atoms with E-state index in [1.165, 1.54) is 5.56 Å². The molecule has 0 unspecified atom stereocenters. The van der Waals surface area contributed by atoms with Crippen LogP contribution in [0.25, 0.3) is 0 Å². The van der Waals surface area contributed by atoms with Crippen molar-refractivity contribution in [3.05, 3.63) is 53.1 Å². The van der Waals surface area contributed by atoms with E-state index in [0.717, 1.165) is 18.6 Å². The first kappa shape index (κ1) is 13.8. The Labute approximate surface area is 118 Å². The summed E-state index contributed by atoms with van der Waals surface area (Å²) in [6, 6.07) is 13.3. The molecule has 0 aliphatic heterocycles. The third-order valence-corrected chi connectivity index (χ3v) is 3.03. The molecule has 19 heavy (non-hydrogen) atoms. The van der Waals surface area contributed by atoms with Crippen LogP contribution in [-0.2, 0) is 6.42 Å². The predicted octanol–water partition coefficient (Wildman–Crippen LogP) is 5.09. The van der Waals surface area contributed by atoms with E-state index in [4.69, 9.17) is 21.1 Å². The van der Waals surface area contributed by atoms with E-state index in [1.54, 1.807) is 13.2 Å². The molecule has 0 saturated heterocycles. The van der Waals surface area contributed by atoms with Gasteiger partial charge in [-0.3, -0.25) is 0 Å². The van der Waals surface area contributed by atoms with Crippen LogP contribution in [0.5, 0.6) is 17.2 Å². The maximum atomic E-state index is 5.94. The minimum absolute atomic E-state index is 0.652. The molecule has 2 aromatic carbocycles. The monoisotopic (exact) mass is 276 g/mol. The van der Waals surface area contributed by atoms with Crippen molar-refractivity contribution in [2.45, 2.75) is 19.8 Å². The standard InChI is InChI=1S/C16H17ClO2/c1-3-5-12-8-9-15(16(10-12)18-2)19-14-7-4-6-13(17)11-14/h4,6-11H,3,5H2,1-2H3. The lowest BCUT2D eigenvalue weighted by Gasteiger charge is -2.12. The molecule has 0 aliphatic carbocycles. The van der Waals surface area contributed by atoms with E-state index in [0.29, 0.717) is 16.5 Å². The summed E-state index contributed by atoms with van der Waals surface area (Å²) in [6.45, 7) is 2.16. The van der Waals surface area contributed by atoms with Crippen LogP contribution in [0, 0.1) is 0 Å². The van der Waals surface area contributed by atoms with E-state index in [9.17, 15) is 0 Å². The first-order chi connectivity index (χ1) is 9.22. The molecular weight excluding hydrogens is 260 g/mol. The third-order valence-electron chi connectivity index (χ3n) is 2.79. The highest BCUT2D eigenvalue weighted by Gasteiger charge is 2.07. The van der Waals surface area contributed by atoms with Gasteiger partial charge in [-0.25, -0.2) is 0 Å². The maximum Gasteiger partial charge on any atom is 0.169 e. The van der Waals surface area contributed by atoms with E-state index in [2.05, 4.69) is 13.0 Å². The summed E-state index contributed by atoms with van der Waals surface area (Å²) in [7, 11) is 1.65. The number of hydrogen-bond acceptors (Lipinski definition) is 2. The van der Waals surface area contributed by atoms with Gasteiger partial charge >= 0.3 is 0 Å². The Hall–Kier alpha value is -1.67. The van der Waals surface area contributed by atoms with Gasteiger partial charge in [-0.1, -0.05) is 37.1 Å². The second-order valence-electron chi connectivity index (χ2n) is 4.29. The number of ether oxygens (including phenoxy) is 2. The second-order valence-corrected chi connectivity index (χ2v) is 4.73. The third kappa shape index (κ3) is 3.65. The molecule has 3 heteroatoms. The Kier molecular flexibility index (Phi) is 4.69. The highest BCUT2D eigenvalue weighted by atomic mass is 35.5. The van der Waals surface area contributed by atoms with Crippen molar-refractivity contribution in [3.8, 4) is 17.2 Å². The zero-order chi connectivity index (χ0) is 13.7. The fourth-order valence-corrected chi connectivity index (χ4v) is 2.08. The summed E-state index contributed by atoms with van der Waals surface area (Å²) in [5, 5.41) is 0.652. The molecule has 0 amide bonds. The number of methoxy groups -OCH3 is 1. The Morgan fingerprint density at radius 3 is 2.58 bits per heavy atom. The van der Waals surface area contributed by atoms with Crippen LogP contribution in [0.15, 0.2) is 42.5 Å². The molecular formula is C16H17ClO2. The largest absolute Gasteiger partial charge is 0.493 e. The number of benzene rings is 2. The summed E-state index contributed by atoms with van der Waals surface area (Å²) in [5.41, 5.74) is 1.25. The van der Waals surface area contributed by atoms with Gasteiger partial charge in [0, 0.05) is 5.02 Å². The van der Waals surface area contributed by atoms with Gasteiger partial charge in [-0.2, -0.15) is 0 Å². The minimum Gasteiger partial charge on any atom is -0.493 e. The van der Waals surface area contributed by atoms with Crippen molar-refractivity contribution in [1.82, 2.24) is 0 Å². The van der Waals surface area contributed by atoms with E-state index >= 15 is 0 Å². The SMILES string of the molecule is CCCc1ccc(Oc2cccc(Cl)c2)c(OC)c1. The summed E-state index contributed by atoms with van der Waals surface area (Å²) in [4.78, 5) is 0. The maximum absolute atomic E-state index is 5.94. The summed E-state index contributed by atoms with van der Waals surface area (Å²) in [6.07, 6.45) is 2.14. The van der Waals surface area contributed by atoms with Crippen molar-refractivity contribution in [3.63, 3.8) is 0 Å². The lowest BCUT2D eigenvalue weighted by molar-refractivity contribution is 0.378. The Bertz CT molecular complexity index is 552. The van der Waals surface area contributed by atoms with Crippen molar-refractivity contribution in [1.29, 1.82) is 0 Å². The molecule has 100 valence electrons. The van der Waals surface area contributed by atoms with Crippen LogP contribution in [0.1, 0.15) is 18.9 Å². The molecule has 2 aromatic rings. The molecule has 2 nitrogen and oxygen atoms in total. The number of halogens is 1. The van der Waals surface area contributed by atoms with Crippen LogP contribution < -0.4 is 9.47 Å². The summed E-state index contributed by atoms with van der Waals surface area (Å²) < 4.78 is 11.2. The molecule has 2 rings (SSSR count). The van der Waals surface area contributed by atoms with Gasteiger partial charge in [0.2, 0.25) is 0 Å². The smallest absolute Gasteiger partial charge is 0.169 e. The second kappa shape index (κ2) is 6.48. The molecule has 0 saturated carbocycles. The van der Waals surface area contributed by atoms with Crippen LogP contribution >= 0.6 is 11.6 Å². The van der Waals surface area contributed by atoms with Gasteiger partial charge in [0.15, 0.2) is 11.5 Å². The van der Waals surface area contributed by atoms with Crippen molar-refractivity contribution >= 4 is 11.6 Å². The molecule has 0 bridgehead atoms. The molecule has 0 spiro atoms. The molecule has 0 aromatic heterocycles. The fourth-order valence-electron chi connectivity index (χ4n) is 1.90. The van der Waals surface area contributed by atoms with E-state index < -0.39 is 0 Å². The molecule has 0 aliphatic rings. The summed E-state index contributed by atoms with van der Waals surface area (Å²) in [5.74, 6) is 2.14. The molecule has 0 radical (unpaired) electrons. The zero-order valence-electron chi connectivity index (χ0n) is 11.2. The zero-order valence-corrected chi connectivity index (χ0v) is 11.9. The topological polar surface area (TPSA) is 18.5 Å². The van der Waals surface area contributed by atoms with Crippen LogP contribution in [0.4, 0.5) is 0 Å². The van der Waals surface area contributed by atoms with E-state index in [-0.39, 0.29) is 0 Å². The van der Waals surface area contributed by atoms with Crippen molar-refractivity contribution in [2.24, 2.45) is 0 Å². The Morgan fingerprint density at radius 1 is 1.05 bits per heavy atom. The summed E-state index contributed by atoms with van der Waals surface area (Å²) >= 11 is 5.94. The van der Waals surface area contributed by atoms with Crippen LogP contribution in [-0.4, -0.2) is 7.11 Å². The van der Waals surface area contributed by atoms with Crippen LogP contribution in [0.2, 0.25) is 5.02 Å². The van der Waals surface area contributed by atoms with Gasteiger partial charge in [0.25, 0.3) is 0 Å². The van der Waals surface area contributed by atoms with Crippen molar-refractivity contribution in [2.75, 3.05) is 7.11 Å². The first-order valence-electron chi connectivity index (χ1n) is 6.33. The highest BCUT2D eigenvalue weighted by molar-refractivity contribution is 6.30. The van der Waals surface area contributed by atoms with Gasteiger partial charge in [0.1, 0.15) is 5.75 Å². The number of aryl methyl sites for hydroxylation is 1. The number of rotatable bonds is 5. The van der Waals surface area contributed by atoms with Crippen molar-refractivity contribution < 1.29 is 9.47 Å². The highest BCUT2D eigenvalue weighted by Crippen LogP contribution is 2.33. The normalized spacial score (nSPS) is 10.3. The van der Waals surface area contributed by atoms with Gasteiger partial charge in [-0.15, -0.1) is 0 Å². The fraction of sp³-hybridized carbons (Fsp3) is 0.250. The average Bonchev–Trinajstić information content (AvgIpc) is 2.41. The van der Waals surface area contributed by atoms with Gasteiger partial charge in [0.05, 0.1) is 7.11 Å². The minimum atomic E-state index is 0.652. The lowest BCUT2D eigenvalue weighted by atomic mass is 10.1. The number of hydrogen-bond donors (Lipinski definition) is 0. The molecule has 0 fully saturated rings. The first-order valence-corrected chi connectivity index (χ1v) is 6.71. The Balaban J connectivity index is 2.24. The molecule has 0 heterocycles. The van der Waals surface area contributed by atoms with E-state index in [1.807, 2.05) is 30.3 Å². The quantitative estimate of drug-likeness (QED) is 0.757.